The van der Waals surface area contributed by atoms with Crippen LogP contribution in [0.2, 0.25) is 0 Å². The van der Waals surface area contributed by atoms with Gasteiger partial charge < -0.3 is 15.1 Å². The van der Waals surface area contributed by atoms with E-state index in [1.807, 2.05) is 6.92 Å². The molecule has 1 saturated heterocycles. The summed E-state index contributed by atoms with van der Waals surface area (Å²) < 4.78 is 28.4. The van der Waals surface area contributed by atoms with E-state index in [4.69, 9.17) is 4.42 Å². The lowest BCUT2D eigenvalue weighted by molar-refractivity contribution is 0.577. The van der Waals surface area contributed by atoms with Gasteiger partial charge in [-0.05, 0) is 25.5 Å². The molecule has 0 aliphatic carbocycles. The van der Waals surface area contributed by atoms with Crippen molar-refractivity contribution in [3.05, 3.63) is 24.2 Å². The van der Waals surface area contributed by atoms with E-state index < -0.39 is 9.84 Å². The zero-order chi connectivity index (χ0) is 17.7. The number of hydrogen-bond acceptors (Lipinski definition) is 6. The van der Waals surface area contributed by atoms with Crippen LogP contribution in [-0.2, 0) is 16.3 Å². The molecule has 3 rings (SSSR count). The molecule has 9 nitrogen and oxygen atoms in total. The maximum atomic E-state index is 11.6. The smallest absolute Gasteiger partial charge is 0.216 e. The number of furan rings is 1. The summed E-state index contributed by atoms with van der Waals surface area (Å²) in [4.78, 5) is 8.85. The molecule has 0 spiro atoms. The Labute approximate surface area is 169 Å². The van der Waals surface area contributed by atoms with Crippen molar-refractivity contribution in [3.8, 4) is 11.6 Å². The average Bonchev–Trinajstić information content (AvgIpc) is 3.28. The molecule has 0 aromatic carbocycles. The van der Waals surface area contributed by atoms with Gasteiger partial charge in [0.2, 0.25) is 5.82 Å². The van der Waals surface area contributed by atoms with Crippen LogP contribution in [0.25, 0.3) is 11.6 Å². The second-order valence-electron chi connectivity index (χ2n) is 5.84. The Kier molecular flexibility index (Phi) is 7.43. The Morgan fingerprint density at radius 1 is 1.50 bits per heavy atom. The van der Waals surface area contributed by atoms with Crippen LogP contribution in [0.1, 0.15) is 19.2 Å². The van der Waals surface area contributed by atoms with Crippen molar-refractivity contribution in [2.24, 2.45) is 4.99 Å². The summed E-state index contributed by atoms with van der Waals surface area (Å²) in [5.74, 6) is 2.86. The number of guanidine groups is 1. The number of aromatic amines is 1. The third-order valence-electron chi connectivity index (χ3n) is 3.81. The summed E-state index contributed by atoms with van der Waals surface area (Å²) in [6.07, 6.45) is 2.78. The number of aromatic nitrogens is 3. The molecule has 0 saturated carbocycles. The van der Waals surface area contributed by atoms with E-state index in [1.54, 1.807) is 18.4 Å². The molecule has 1 fully saturated rings. The molecule has 26 heavy (non-hydrogen) atoms. The summed E-state index contributed by atoms with van der Waals surface area (Å²) in [5.41, 5.74) is 0. The molecule has 2 aromatic heterocycles. The number of aliphatic imine (C=N–C) groups is 1. The molecule has 1 atom stereocenters. The Balaban J connectivity index is 0.00000243. The SMILES string of the molecule is CCNC(=NCCc1nc(-c2ccco2)n[nH]1)NC1CCS(=O)(=O)C1.I. The van der Waals surface area contributed by atoms with Gasteiger partial charge in [-0.1, -0.05) is 0 Å². The van der Waals surface area contributed by atoms with Crippen molar-refractivity contribution in [1.82, 2.24) is 25.8 Å². The lowest BCUT2D eigenvalue weighted by Crippen LogP contribution is -2.44. The largest absolute Gasteiger partial charge is 0.461 e. The molecule has 144 valence electrons. The van der Waals surface area contributed by atoms with E-state index in [9.17, 15) is 8.42 Å². The molecule has 11 heteroatoms. The lowest BCUT2D eigenvalue weighted by Gasteiger charge is -2.15. The van der Waals surface area contributed by atoms with Crippen molar-refractivity contribution >= 4 is 39.8 Å². The van der Waals surface area contributed by atoms with Crippen molar-refractivity contribution in [2.45, 2.75) is 25.8 Å². The Morgan fingerprint density at radius 3 is 3.00 bits per heavy atom. The highest BCUT2D eigenvalue weighted by Crippen LogP contribution is 2.14. The van der Waals surface area contributed by atoms with Gasteiger partial charge in [-0.25, -0.2) is 13.4 Å². The summed E-state index contributed by atoms with van der Waals surface area (Å²) >= 11 is 0. The first-order valence-electron chi connectivity index (χ1n) is 8.26. The highest BCUT2D eigenvalue weighted by molar-refractivity contribution is 14.0. The van der Waals surface area contributed by atoms with Crippen LogP contribution in [0, 0.1) is 0 Å². The maximum Gasteiger partial charge on any atom is 0.216 e. The highest BCUT2D eigenvalue weighted by Gasteiger charge is 2.28. The predicted octanol–water partition coefficient (Wildman–Crippen LogP) is 0.967. The molecule has 2 aromatic rings. The van der Waals surface area contributed by atoms with E-state index in [-0.39, 0.29) is 41.5 Å². The first-order chi connectivity index (χ1) is 12.1. The number of hydrogen-bond donors (Lipinski definition) is 3. The molecular weight excluding hydrogens is 471 g/mol. The number of halogens is 1. The van der Waals surface area contributed by atoms with Crippen molar-refractivity contribution in [2.75, 3.05) is 24.6 Å². The first kappa shape index (κ1) is 20.7. The second kappa shape index (κ2) is 9.35. The fraction of sp³-hybridized carbons (Fsp3) is 0.533. The first-order valence-corrected chi connectivity index (χ1v) is 10.1. The second-order valence-corrected chi connectivity index (χ2v) is 8.07. The zero-order valence-electron chi connectivity index (χ0n) is 14.4. The van der Waals surface area contributed by atoms with E-state index in [2.05, 4.69) is 30.8 Å². The summed E-state index contributed by atoms with van der Waals surface area (Å²) in [7, 11) is -2.92. The van der Waals surface area contributed by atoms with Gasteiger partial charge in [0.05, 0.1) is 17.8 Å². The number of nitrogens with one attached hydrogen (secondary N) is 3. The average molecular weight is 494 g/mol. The molecule has 1 unspecified atom stereocenters. The molecule has 0 amide bonds. The van der Waals surface area contributed by atoms with Crippen LogP contribution in [0.3, 0.4) is 0 Å². The molecule has 0 bridgehead atoms. The number of nitrogens with zero attached hydrogens (tertiary/aromatic N) is 3. The van der Waals surface area contributed by atoms with Gasteiger partial charge in [0.25, 0.3) is 0 Å². The van der Waals surface area contributed by atoms with Gasteiger partial charge in [-0.3, -0.25) is 10.1 Å². The number of H-pyrrole nitrogens is 1. The topological polar surface area (TPSA) is 125 Å². The van der Waals surface area contributed by atoms with Gasteiger partial charge in [0.1, 0.15) is 5.82 Å². The molecule has 3 N–H and O–H groups in total. The molecule has 0 radical (unpaired) electrons. The third-order valence-corrected chi connectivity index (χ3v) is 5.58. The zero-order valence-corrected chi connectivity index (χ0v) is 17.6. The molecule has 1 aliphatic rings. The fourth-order valence-electron chi connectivity index (χ4n) is 2.62. The van der Waals surface area contributed by atoms with Crippen molar-refractivity contribution < 1.29 is 12.8 Å². The Morgan fingerprint density at radius 2 is 2.35 bits per heavy atom. The minimum Gasteiger partial charge on any atom is -0.461 e. The van der Waals surface area contributed by atoms with Crippen LogP contribution < -0.4 is 10.6 Å². The Bertz CT molecular complexity index is 818. The fourth-order valence-corrected chi connectivity index (χ4v) is 4.29. The number of rotatable bonds is 6. The lowest BCUT2D eigenvalue weighted by atomic mass is 10.3. The summed E-state index contributed by atoms with van der Waals surface area (Å²) in [6, 6.07) is 3.50. The molecular formula is C15H23IN6O3S. The monoisotopic (exact) mass is 494 g/mol. The van der Waals surface area contributed by atoms with Crippen LogP contribution in [-0.4, -0.2) is 60.2 Å². The Hall–Kier alpha value is -1.63. The van der Waals surface area contributed by atoms with E-state index in [0.717, 1.165) is 5.82 Å². The molecule has 1 aliphatic heterocycles. The summed E-state index contributed by atoms with van der Waals surface area (Å²) in [6.45, 7) is 3.17. The minimum absolute atomic E-state index is 0. The van der Waals surface area contributed by atoms with Crippen LogP contribution >= 0.6 is 24.0 Å². The van der Waals surface area contributed by atoms with E-state index in [1.165, 1.54) is 0 Å². The van der Waals surface area contributed by atoms with E-state index in [0.29, 0.717) is 43.5 Å². The van der Waals surface area contributed by atoms with Crippen LogP contribution in [0.5, 0.6) is 0 Å². The van der Waals surface area contributed by atoms with Crippen LogP contribution in [0.15, 0.2) is 27.8 Å². The molecule has 3 heterocycles. The number of sulfone groups is 1. The van der Waals surface area contributed by atoms with Crippen LogP contribution in [0.4, 0.5) is 0 Å². The van der Waals surface area contributed by atoms with Gasteiger partial charge in [-0.2, -0.15) is 5.10 Å². The van der Waals surface area contributed by atoms with Gasteiger partial charge in [0.15, 0.2) is 21.6 Å². The standard InChI is InChI=1S/C15H22N6O3S.HI/c1-2-16-15(18-11-6-9-25(22,23)10-11)17-7-5-13-19-14(21-20-13)12-4-3-8-24-12;/h3-4,8,11H,2,5-7,9-10H2,1H3,(H2,16,17,18)(H,19,20,21);1H. The minimum atomic E-state index is -2.92. The van der Waals surface area contributed by atoms with Gasteiger partial charge in [-0.15, -0.1) is 24.0 Å². The normalized spacial score (nSPS) is 19.1. The summed E-state index contributed by atoms with van der Waals surface area (Å²) in [5, 5.41) is 13.3. The third kappa shape index (κ3) is 5.69. The van der Waals surface area contributed by atoms with E-state index >= 15 is 0 Å². The predicted molar refractivity (Wildman–Crippen MR) is 109 cm³/mol. The maximum absolute atomic E-state index is 11.6. The van der Waals surface area contributed by atoms with Gasteiger partial charge >= 0.3 is 0 Å². The van der Waals surface area contributed by atoms with Crippen molar-refractivity contribution in [1.29, 1.82) is 0 Å². The highest BCUT2D eigenvalue weighted by atomic mass is 127. The van der Waals surface area contributed by atoms with Crippen molar-refractivity contribution in [3.63, 3.8) is 0 Å². The quantitative estimate of drug-likeness (QED) is 0.311. The van der Waals surface area contributed by atoms with Gasteiger partial charge in [0, 0.05) is 25.6 Å².